The zero-order chi connectivity index (χ0) is 13.0. The van der Waals surface area contributed by atoms with E-state index >= 15 is 0 Å². The zero-order valence-corrected chi connectivity index (χ0v) is 11.5. The maximum Gasteiger partial charge on any atom is 0.306 e. The van der Waals surface area contributed by atoms with Crippen molar-refractivity contribution in [3.8, 4) is 0 Å². The minimum Gasteiger partial charge on any atom is -0.481 e. The van der Waals surface area contributed by atoms with Gasteiger partial charge in [-0.15, -0.1) is 0 Å². The highest BCUT2D eigenvalue weighted by atomic mass is 16.4. The Morgan fingerprint density at radius 2 is 1.94 bits per heavy atom. The summed E-state index contributed by atoms with van der Waals surface area (Å²) in [6.07, 6.45) is 8.70. The van der Waals surface area contributed by atoms with E-state index in [1.165, 1.54) is 38.5 Å². The van der Waals surface area contributed by atoms with Crippen molar-refractivity contribution >= 4 is 5.97 Å². The van der Waals surface area contributed by atoms with Crippen LogP contribution < -0.4 is 5.32 Å². The number of rotatable bonds is 4. The lowest BCUT2D eigenvalue weighted by Gasteiger charge is -2.62. The molecule has 4 rings (SSSR count). The number of carbonyl (C=O) groups is 1. The van der Waals surface area contributed by atoms with Crippen LogP contribution in [0.2, 0.25) is 0 Å². The summed E-state index contributed by atoms with van der Waals surface area (Å²) in [7, 11) is 2.10. The van der Waals surface area contributed by atoms with Gasteiger partial charge in [-0.3, -0.25) is 4.79 Å². The Bertz CT molecular complexity index is 352. The Kier molecular flexibility index (Phi) is 2.74. The van der Waals surface area contributed by atoms with Crippen molar-refractivity contribution in [3.05, 3.63) is 0 Å². The third kappa shape index (κ3) is 1.87. The van der Waals surface area contributed by atoms with Gasteiger partial charge in [0.05, 0.1) is 5.92 Å². The van der Waals surface area contributed by atoms with Crippen LogP contribution in [0.25, 0.3) is 0 Å². The Morgan fingerprint density at radius 3 is 2.44 bits per heavy atom. The molecule has 0 aromatic rings. The van der Waals surface area contributed by atoms with E-state index in [-0.39, 0.29) is 5.92 Å². The number of carboxylic acids is 1. The quantitative estimate of drug-likeness (QED) is 0.807. The molecule has 0 amide bonds. The first-order valence-corrected chi connectivity index (χ1v) is 7.38. The van der Waals surface area contributed by atoms with E-state index in [2.05, 4.69) is 12.4 Å². The van der Waals surface area contributed by atoms with Crippen molar-refractivity contribution in [2.45, 2.75) is 57.4 Å². The second kappa shape index (κ2) is 3.96. The lowest BCUT2D eigenvalue weighted by atomic mass is 9.45. The van der Waals surface area contributed by atoms with Gasteiger partial charge in [-0.1, -0.05) is 6.92 Å². The molecular formula is C15H25NO2. The van der Waals surface area contributed by atoms with Crippen molar-refractivity contribution in [1.29, 1.82) is 0 Å². The molecule has 0 heterocycles. The highest BCUT2D eigenvalue weighted by Crippen LogP contribution is 2.63. The Labute approximate surface area is 109 Å². The monoisotopic (exact) mass is 251 g/mol. The molecule has 0 saturated heterocycles. The highest BCUT2D eigenvalue weighted by molar-refractivity contribution is 5.69. The third-order valence-electron chi connectivity index (χ3n) is 5.87. The largest absolute Gasteiger partial charge is 0.481 e. The second-order valence-corrected chi connectivity index (χ2v) is 7.43. The van der Waals surface area contributed by atoms with Gasteiger partial charge in [0.15, 0.2) is 0 Å². The van der Waals surface area contributed by atoms with Gasteiger partial charge in [0.25, 0.3) is 0 Å². The Morgan fingerprint density at radius 1 is 1.33 bits per heavy atom. The first-order chi connectivity index (χ1) is 8.46. The fourth-order valence-corrected chi connectivity index (χ4v) is 5.72. The van der Waals surface area contributed by atoms with E-state index < -0.39 is 5.97 Å². The number of hydrogen-bond donors (Lipinski definition) is 2. The van der Waals surface area contributed by atoms with Crippen LogP contribution in [-0.4, -0.2) is 23.7 Å². The van der Waals surface area contributed by atoms with Gasteiger partial charge in [0.1, 0.15) is 0 Å². The zero-order valence-electron chi connectivity index (χ0n) is 11.5. The summed E-state index contributed by atoms with van der Waals surface area (Å²) in [4.78, 5) is 11.2. The predicted octanol–water partition coefficient (Wildman–Crippen LogP) is 2.66. The van der Waals surface area contributed by atoms with Crippen LogP contribution in [0.4, 0.5) is 0 Å². The fourth-order valence-electron chi connectivity index (χ4n) is 5.72. The molecule has 18 heavy (non-hydrogen) atoms. The van der Waals surface area contributed by atoms with Crippen LogP contribution in [0, 0.1) is 23.2 Å². The minimum atomic E-state index is -0.621. The maximum absolute atomic E-state index is 11.2. The maximum atomic E-state index is 11.2. The molecule has 3 nitrogen and oxygen atoms in total. The van der Waals surface area contributed by atoms with Crippen molar-refractivity contribution < 1.29 is 9.90 Å². The van der Waals surface area contributed by atoms with Crippen molar-refractivity contribution in [2.24, 2.45) is 23.2 Å². The molecule has 0 aromatic carbocycles. The van der Waals surface area contributed by atoms with Crippen LogP contribution in [-0.2, 0) is 4.79 Å². The molecule has 102 valence electrons. The van der Waals surface area contributed by atoms with Crippen LogP contribution in [0.1, 0.15) is 51.9 Å². The predicted molar refractivity (Wildman–Crippen MR) is 70.3 cm³/mol. The molecule has 3 unspecified atom stereocenters. The minimum absolute atomic E-state index is 0.185. The average Bonchev–Trinajstić information content (AvgIpc) is 2.26. The molecular weight excluding hydrogens is 226 g/mol. The molecule has 0 radical (unpaired) electrons. The summed E-state index contributed by atoms with van der Waals surface area (Å²) in [6, 6.07) is 0. The summed E-state index contributed by atoms with van der Waals surface area (Å²) in [6.45, 7) is 1.88. The smallest absolute Gasteiger partial charge is 0.306 e. The number of aliphatic carboxylic acids is 1. The van der Waals surface area contributed by atoms with Crippen molar-refractivity contribution in [1.82, 2.24) is 5.32 Å². The lowest BCUT2D eigenvalue weighted by Crippen LogP contribution is -2.61. The summed E-state index contributed by atoms with van der Waals surface area (Å²) < 4.78 is 0. The molecule has 4 bridgehead atoms. The van der Waals surface area contributed by atoms with Gasteiger partial charge >= 0.3 is 5.97 Å². The summed E-state index contributed by atoms with van der Waals surface area (Å²) >= 11 is 0. The van der Waals surface area contributed by atoms with Gasteiger partial charge in [-0.05, 0) is 69.2 Å². The van der Waals surface area contributed by atoms with Crippen LogP contribution >= 0.6 is 0 Å². The molecule has 4 saturated carbocycles. The van der Waals surface area contributed by atoms with E-state index in [1.807, 2.05) is 6.92 Å². The van der Waals surface area contributed by atoms with Gasteiger partial charge in [0.2, 0.25) is 0 Å². The Balaban J connectivity index is 1.82. The first kappa shape index (κ1) is 12.5. The number of hydrogen-bond acceptors (Lipinski definition) is 2. The number of carboxylic acid groups (broad SMARTS) is 1. The van der Waals surface area contributed by atoms with Gasteiger partial charge in [0, 0.05) is 5.54 Å². The molecule has 4 aliphatic rings. The molecule has 4 aliphatic carbocycles. The van der Waals surface area contributed by atoms with Crippen molar-refractivity contribution in [2.75, 3.05) is 7.05 Å². The average molecular weight is 251 g/mol. The molecule has 0 spiro atoms. The van der Waals surface area contributed by atoms with Crippen LogP contribution in [0.5, 0.6) is 0 Å². The van der Waals surface area contributed by atoms with Crippen LogP contribution in [0.3, 0.4) is 0 Å². The molecule has 0 aliphatic heterocycles. The topological polar surface area (TPSA) is 49.3 Å². The normalized spacial score (nSPS) is 47.2. The van der Waals surface area contributed by atoms with Gasteiger partial charge in [-0.2, -0.15) is 0 Å². The summed E-state index contributed by atoms with van der Waals surface area (Å²) in [5, 5.41) is 12.8. The van der Waals surface area contributed by atoms with E-state index in [9.17, 15) is 9.90 Å². The van der Waals surface area contributed by atoms with E-state index in [0.29, 0.717) is 11.0 Å². The van der Waals surface area contributed by atoms with Gasteiger partial charge < -0.3 is 10.4 Å². The van der Waals surface area contributed by atoms with Gasteiger partial charge in [-0.25, -0.2) is 0 Å². The third-order valence-corrected chi connectivity index (χ3v) is 5.87. The SMILES string of the molecule is CNC12CC3CC(CC(CC(C)C(=O)O)(C3)C1)C2. The molecule has 0 aromatic heterocycles. The molecule has 3 heteroatoms. The molecule has 2 N–H and O–H groups in total. The van der Waals surface area contributed by atoms with E-state index in [1.54, 1.807) is 0 Å². The summed E-state index contributed by atoms with van der Waals surface area (Å²) in [5.41, 5.74) is 0.660. The first-order valence-electron chi connectivity index (χ1n) is 7.38. The standard InChI is InChI=1S/C15H25NO2/c1-10(13(17)18)4-14-5-11-3-12(6-14)8-15(7-11,9-14)16-2/h10-12,16H,3-9H2,1-2H3,(H,17,18). The lowest BCUT2D eigenvalue weighted by molar-refractivity contribution is -0.145. The Hall–Kier alpha value is -0.570. The second-order valence-electron chi connectivity index (χ2n) is 7.43. The van der Waals surface area contributed by atoms with E-state index in [4.69, 9.17) is 0 Å². The number of nitrogens with one attached hydrogen (secondary N) is 1. The summed E-state index contributed by atoms with van der Waals surface area (Å²) in [5.74, 6) is 0.888. The van der Waals surface area contributed by atoms with Crippen molar-refractivity contribution in [3.63, 3.8) is 0 Å². The fraction of sp³-hybridized carbons (Fsp3) is 0.933. The highest BCUT2D eigenvalue weighted by Gasteiger charge is 2.57. The van der Waals surface area contributed by atoms with Crippen LogP contribution in [0.15, 0.2) is 0 Å². The molecule has 4 fully saturated rings. The molecule has 3 atom stereocenters. The van der Waals surface area contributed by atoms with E-state index in [0.717, 1.165) is 18.3 Å².